The number of unbranched alkanes of at least 4 members (excludes halogenated alkanes) is 1. The predicted molar refractivity (Wildman–Crippen MR) is 74.5 cm³/mol. The summed E-state index contributed by atoms with van der Waals surface area (Å²) in [5.74, 6) is 0. The average Bonchev–Trinajstić information content (AvgIpc) is 2.34. The lowest BCUT2D eigenvalue weighted by Crippen LogP contribution is -2.16. The molecule has 18 heavy (non-hydrogen) atoms. The molecule has 0 amide bonds. The van der Waals surface area contributed by atoms with E-state index in [0.717, 1.165) is 24.0 Å². The summed E-state index contributed by atoms with van der Waals surface area (Å²) in [7, 11) is 0. The van der Waals surface area contributed by atoms with E-state index < -0.39 is 6.23 Å². The van der Waals surface area contributed by atoms with Gasteiger partial charge in [0.15, 0.2) is 0 Å². The van der Waals surface area contributed by atoms with Crippen LogP contribution in [-0.4, -0.2) is 6.61 Å². The Kier molecular flexibility index (Phi) is 5.48. The van der Waals surface area contributed by atoms with Crippen molar-refractivity contribution >= 4 is 0 Å². The summed E-state index contributed by atoms with van der Waals surface area (Å²) in [5.41, 5.74) is 1.98. The maximum absolute atomic E-state index is 11.0. The van der Waals surface area contributed by atoms with E-state index in [1.54, 1.807) is 0 Å². The summed E-state index contributed by atoms with van der Waals surface area (Å²) in [6, 6.07) is 7.87. The SMILES string of the molecule is CCCCOC(N=O)c1ccccc1C(C)(C)C. The first-order valence-electron chi connectivity index (χ1n) is 6.54. The van der Waals surface area contributed by atoms with Crippen molar-refractivity contribution in [1.29, 1.82) is 0 Å². The van der Waals surface area contributed by atoms with Gasteiger partial charge in [-0.2, -0.15) is 0 Å². The van der Waals surface area contributed by atoms with E-state index in [0.29, 0.717) is 6.61 Å². The summed E-state index contributed by atoms with van der Waals surface area (Å²) < 4.78 is 5.57. The molecule has 1 aromatic carbocycles. The van der Waals surface area contributed by atoms with Gasteiger partial charge in [0.25, 0.3) is 0 Å². The van der Waals surface area contributed by atoms with Gasteiger partial charge in [-0.15, -0.1) is 4.91 Å². The van der Waals surface area contributed by atoms with Crippen LogP contribution in [0, 0.1) is 4.91 Å². The van der Waals surface area contributed by atoms with Gasteiger partial charge in [-0.05, 0) is 22.6 Å². The molecule has 1 aromatic rings. The van der Waals surface area contributed by atoms with Gasteiger partial charge >= 0.3 is 0 Å². The third kappa shape index (κ3) is 3.91. The van der Waals surface area contributed by atoms with E-state index in [1.165, 1.54) is 0 Å². The molecule has 100 valence electrons. The number of hydrogen-bond acceptors (Lipinski definition) is 3. The minimum absolute atomic E-state index is 0.0202. The molecule has 0 aliphatic rings. The van der Waals surface area contributed by atoms with Crippen LogP contribution in [0.4, 0.5) is 0 Å². The lowest BCUT2D eigenvalue weighted by atomic mass is 9.83. The molecule has 0 fully saturated rings. The highest BCUT2D eigenvalue weighted by molar-refractivity contribution is 5.34. The third-order valence-electron chi connectivity index (χ3n) is 2.90. The number of hydrogen-bond donors (Lipinski definition) is 0. The smallest absolute Gasteiger partial charge is 0.215 e. The highest BCUT2D eigenvalue weighted by atomic mass is 16.5. The number of benzene rings is 1. The van der Waals surface area contributed by atoms with Crippen molar-refractivity contribution in [2.75, 3.05) is 6.61 Å². The summed E-state index contributed by atoms with van der Waals surface area (Å²) >= 11 is 0. The molecule has 1 unspecified atom stereocenters. The maximum atomic E-state index is 11.0. The van der Waals surface area contributed by atoms with E-state index in [1.807, 2.05) is 24.3 Å². The molecular weight excluding hydrogens is 226 g/mol. The molecule has 0 aliphatic carbocycles. The second kappa shape index (κ2) is 6.64. The van der Waals surface area contributed by atoms with Crippen LogP contribution in [-0.2, 0) is 10.2 Å². The second-order valence-corrected chi connectivity index (χ2v) is 5.52. The zero-order valence-electron chi connectivity index (χ0n) is 11.8. The molecule has 1 atom stereocenters. The Balaban J connectivity index is 2.95. The average molecular weight is 249 g/mol. The Morgan fingerprint density at radius 1 is 1.28 bits per heavy atom. The Morgan fingerprint density at radius 2 is 1.94 bits per heavy atom. The van der Waals surface area contributed by atoms with Crippen molar-refractivity contribution in [2.24, 2.45) is 5.18 Å². The van der Waals surface area contributed by atoms with Gasteiger partial charge in [-0.3, -0.25) is 0 Å². The van der Waals surface area contributed by atoms with Crippen molar-refractivity contribution in [1.82, 2.24) is 0 Å². The molecule has 0 saturated heterocycles. The van der Waals surface area contributed by atoms with Gasteiger partial charge in [0, 0.05) is 12.2 Å². The van der Waals surface area contributed by atoms with E-state index in [4.69, 9.17) is 4.74 Å². The third-order valence-corrected chi connectivity index (χ3v) is 2.90. The zero-order chi connectivity index (χ0) is 13.6. The van der Waals surface area contributed by atoms with E-state index in [9.17, 15) is 4.91 Å². The van der Waals surface area contributed by atoms with E-state index in [2.05, 4.69) is 32.9 Å². The van der Waals surface area contributed by atoms with Crippen LogP contribution in [0.1, 0.15) is 57.9 Å². The molecule has 1 rings (SSSR count). The quantitative estimate of drug-likeness (QED) is 0.547. The number of nitrogens with zero attached hydrogens (tertiary/aromatic N) is 1. The molecule has 0 heterocycles. The fourth-order valence-corrected chi connectivity index (χ4v) is 1.91. The highest BCUT2D eigenvalue weighted by Gasteiger charge is 2.23. The number of ether oxygens (including phenoxy) is 1. The Bertz CT molecular complexity index is 382. The molecular formula is C15H23NO2. The molecule has 0 bridgehead atoms. The molecule has 0 aromatic heterocycles. The fourth-order valence-electron chi connectivity index (χ4n) is 1.91. The van der Waals surface area contributed by atoms with Crippen LogP contribution >= 0.6 is 0 Å². The minimum atomic E-state index is -0.688. The zero-order valence-corrected chi connectivity index (χ0v) is 11.8. The summed E-state index contributed by atoms with van der Waals surface area (Å²) in [6.07, 6.45) is 1.31. The fraction of sp³-hybridized carbons (Fsp3) is 0.600. The largest absolute Gasteiger partial charge is 0.349 e. The van der Waals surface area contributed by atoms with Gasteiger partial charge in [0.1, 0.15) is 0 Å². The van der Waals surface area contributed by atoms with Crippen molar-refractivity contribution in [2.45, 2.75) is 52.2 Å². The van der Waals surface area contributed by atoms with Gasteiger partial charge < -0.3 is 4.74 Å². The first-order chi connectivity index (χ1) is 8.50. The molecule has 0 spiro atoms. The molecule has 3 heteroatoms. The first-order valence-corrected chi connectivity index (χ1v) is 6.54. The molecule has 0 aliphatic heterocycles. The molecule has 0 saturated carbocycles. The Morgan fingerprint density at radius 3 is 2.50 bits per heavy atom. The Labute approximate surface area is 110 Å². The summed E-state index contributed by atoms with van der Waals surface area (Å²) in [6.45, 7) is 9.04. The topological polar surface area (TPSA) is 38.7 Å². The molecule has 0 N–H and O–H groups in total. The highest BCUT2D eigenvalue weighted by Crippen LogP contribution is 2.31. The number of rotatable bonds is 6. The van der Waals surface area contributed by atoms with Crippen molar-refractivity contribution in [3.05, 3.63) is 40.3 Å². The normalized spacial score (nSPS) is 13.3. The lowest BCUT2D eigenvalue weighted by molar-refractivity contribution is 0.0546. The van der Waals surface area contributed by atoms with Crippen molar-refractivity contribution in [3.8, 4) is 0 Å². The van der Waals surface area contributed by atoms with Crippen LogP contribution in [0.5, 0.6) is 0 Å². The van der Waals surface area contributed by atoms with Crippen LogP contribution in [0.3, 0.4) is 0 Å². The summed E-state index contributed by atoms with van der Waals surface area (Å²) in [4.78, 5) is 11.0. The molecule has 3 nitrogen and oxygen atoms in total. The lowest BCUT2D eigenvalue weighted by Gasteiger charge is -2.24. The second-order valence-electron chi connectivity index (χ2n) is 5.52. The maximum Gasteiger partial charge on any atom is 0.215 e. The Hall–Kier alpha value is -1.22. The van der Waals surface area contributed by atoms with Crippen LogP contribution < -0.4 is 0 Å². The predicted octanol–water partition coefficient (Wildman–Crippen LogP) is 4.57. The minimum Gasteiger partial charge on any atom is -0.349 e. The monoisotopic (exact) mass is 249 g/mol. The van der Waals surface area contributed by atoms with E-state index in [-0.39, 0.29) is 5.41 Å². The standard InChI is InChI=1S/C15H23NO2/c1-5-6-11-18-14(16-17)12-9-7-8-10-13(12)15(2,3)4/h7-10,14H,5-6,11H2,1-4H3. The van der Waals surface area contributed by atoms with E-state index >= 15 is 0 Å². The van der Waals surface area contributed by atoms with Crippen molar-refractivity contribution < 1.29 is 4.74 Å². The molecule has 0 radical (unpaired) electrons. The van der Waals surface area contributed by atoms with Crippen LogP contribution in [0.25, 0.3) is 0 Å². The van der Waals surface area contributed by atoms with Gasteiger partial charge in [-0.25, -0.2) is 0 Å². The van der Waals surface area contributed by atoms with Gasteiger partial charge in [-0.1, -0.05) is 58.4 Å². The van der Waals surface area contributed by atoms with Crippen LogP contribution in [0.2, 0.25) is 0 Å². The van der Waals surface area contributed by atoms with Gasteiger partial charge in [0.2, 0.25) is 6.23 Å². The van der Waals surface area contributed by atoms with Gasteiger partial charge in [0.05, 0.1) is 0 Å². The van der Waals surface area contributed by atoms with Crippen molar-refractivity contribution in [3.63, 3.8) is 0 Å². The summed E-state index contributed by atoms with van der Waals surface area (Å²) in [5, 5.41) is 3.13. The van der Waals surface area contributed by atoms with Crippen LogP contribution in [0.15, 0.2) is 29.4 Å². The number of nitroso groups, excluding NO2 is 1. The first kappa shape index (κ1) is 14.8.